The minimum absolute atomic E-state index is 0.00413. The zero-order valence-corrected chi connectivity index (χ0v) is 17.3. The summed E-state index contributed by atoms with van der Waals surface area (Å²) in [6, 6.07) is 15.9. The summed E-state index contributed by atoms with van der Waals surface area (Å²) >= 11 is 0. The monoisotopic (exact) mass is 381 g/mol. The predicted molar refractivity (Wildman–Crippen MR) is 114 cm³/mol. The molecule has 0 saturated heterocycles. The van der Waals surface area contributed by atoms with Gasteiger partial charge in [-0.05, 0) is 44.0 Å². The Kier molecular flexibility index (Phi) is 8.20. The first-order chi connectivity index (χ1) is 13.4. The number of rotatable bonds is 9. The molecule has 0 heterocycles. The Morgan fingerprint density at radius 3 is 2.14 bits per heavy atom. The van der Waals surface area contributed by atoms with Crippen molar-refractivity contribution in [3.63, 3.8) is 0 Å². The van der Waals surface area contributed by atoms with E-state index in [-0.39, 0.29) is 30.9 Å². The Morgan fingerprint density at radius 1 is 0.929 bits per heavy atom. The predicted octanol–water partition coefficient (Wildman–Crippen LogP) is 3.83. The Hall–Kier alpha value is -2.66. The number of para-hydroxylation sites is 1. The molecule has 0 aliphatic heterocycles. The average molecular weight is 382 g/mol. The molecule has 2 rings (SSSR count). The van der Waals surface area contributed by atoms with E-state index in [4.69, 9.17) is 0 Å². The zero-order valence-electron chi connectivity index (χ0n) is 17.3. The molecule has 2 aromatic carbocycles. The molecule has 0 unspecified atom stereocenters. The largest absolute Gasteiger partial charge is 0.348 e. The molecule has 0 aromatic heterocycles. The van der Waals surface area contributed by atoms with E-state index in [1.165, 1.54) is 0 Å². The highest BCUT2D eigenvalue weighted by molar-refractivity contribution is 5.94. The summed E-state index contributed by atoms with van der Waals surface area (Å²) in [7, 11) is 1.78. The second-order valence-electron chi connectivity index (χ2n) is 7.31. The van der Waals surface area contributed by atoms with E-state index in [1.807, 2.05) is 62.4 Å². The number of amides is 2. The van der Waals surface area contributed by atoms with Gasteiger partial charge < -0.3 is 10.6 Å². The molecule has 0 spiro atoms. The van der Waals surface area contributed by atoms with Gasteiger partial charge in [-0.25, -0.2) is 0 Å². The highest BCUT2D eigenvalue weighted by atomic mass is 16.2. The second kappa shape index (κ2) is 10.6. The number of carbonyl (C=O) groups excluding carboxylic acids is 2. The van der Waals surface area contributed by atoms with Gasteiger partial charge in [0.15, 0.2) is 0 Å². The maximum Gasteiger partial charge on any atom is 0.238 e. The summed E-state index contributed by atoms with van der Waals surface area (Å²) in [6.07, 6.45) is 1.86. The van der Waals surface area contributed by atoms with Crippen LogP contribution < -0.4 is 10.6 Å². The Labute approximate surface area is 168 Å². The van der Waals surface area contributed by atoms with Gasteiger partial charge >= 0.3 is 0 Å². The topological polar surface area (TPSA) is 61.4 Å². The van der Waals surface area contributed by atoms with E-state index in [2.05, 4.69) is 17.6 Å². The van der Waals surface area contributed by atoms with E-state index in [9.17, 15) is 9.59 Å². The summed E-state index contributed by atoms with van der Waals surface area (Å²) in [5.41, 5.74) is 4.00. The first-order valence-corrected chi connectivity index (χ1v) is 9.79. The van der Waals surface area contributed by atoms with Gasteiger partial charge in [0.25, 0.3) is 0 Å². The van der Waals surface area contributed by atoms with Gasteiger partial charge in [-0.2, -0.15) is 0 Å². The van der Waals surface area contributed by atoms with Crippen LogP contribution in [0, 0.1) is 13.8 Å². The van der Waals surface area contributed by atoms with Crippen molar-refractivity contribution in [3.05, 3.63) is 65.2 Å². The summed E-state index contributed by atoms with van der Waals surface area (Å²) in [5, 5.41) is 6.05. The van der Waals surface area contributed by atoms with Crippen molar-refractivity contribution in [2.45, 2.75) is 39.7 Å². The molecule has 5 heteroatoms. The number of nitrogens with zero attached hydrogens (tertiary/aromatic N) is 1. The van der Waals surface area contributed by atoms with Gasteiger partial charge in [-0.1, -0.05) is 61.9 Å². The Balaban J connectivity index is 1.88. The van der Waals surface area contributed by atoms with Crippen LogP contribution in [-0.4, -0.2) is 36.9 Å². The molecule has 5 nitrogen and oxygen atoms in total. The number of hydrogen-bond acceptors (Lipinski definition) is 3. The first-order valence-electron chi connectivity index (χ1n) is 9.79. The SMILES string of the molecule is CCC[C@@H](NC(=O)CN(C)CC(=O)Nc1c(C)cccc1C)c1ccccc1. The summed E-state index contributed by atoms with van der Waals surface area (Å²) in [5.74, 6) is -0.203. The Bertz CT molecular complexity index is 769. The number of aryl methyl sites for hydroxylation is 2. The van der Waals surface area contributed by atoms with Crippen LogP contribution >= 0.6 is 0 Å². The van der Waals surface area contributed by atoms with E-state index in [0.29, 0.717) is 0 Å². The zero-order chi connectivity index (χ0) is 20.5. The fourth-order valence-corrected chi connectivity index (χ4v) is 3.27. The average Bonchev–Trinajstić information content (AvgIpc) is 2.65. The van der Waals surface area contributed by atoms with Crippen LogP contribution in [-0.2, 0) is 9.59 Å². The van der Waals surface area contributed by atoms with Crippen LogP contribution in [0.1, 0.15) is 42.5 Å². The van der Waals surface area contributed by atoms with Gasteiger partial charge in [0.2, 0.25) is 11.8 Å². The maximum atomic E-state index is 12.5. The molecular weight excluding hydrogens is 350 g/mol. The van der Waals surface area contributed by atoms with Crippen molar-refractivity contribution < 1.29 is 9.59 Å². The standard InChI is InChI=1S/C23H31N3O2/c1-5-10-20(19-13-7-6-8-14-19)24-21(27)15-26(4)16-22(28)25-23-17(2)11-9-12-18(23)3/h6-9,11-14,20H,5,10,15-16H2,1-4H3,(H,24,27)(H,25,28)/t20-/m1/s1. The molecule has 2 aromatic rings. The summed E-state index contributed by atoms with van der Waals surface area (Å²) in [6.45, 7) is 6.37. The van der Waals surface area contributed by atoms with Crippen LogP contribution in [0.15, 0.2) is 48.5 Å². The van der Waals surface area contributed by atoms with Crippen molar-refractivity contribution in [1.29, 1.82) is 0 Å². The van der Waals surface area contributed by atoms with Crippen LogP contribution in [0.4, 0.5) is 5.69 Å². The summed E-state index contributed by atoms with van der Waals surface area (Å²) < 4.78 is 0. The van der Waals surface area contributed by atoms with E-state index < -0.39 is 0 Å². The van der Waals surface area contributed by atoms with Gasteiger partial charge in [0.1, 0.15) is 0 Å². The quantitative estimate of drug-likeness (QED) is 0.694. The number of anilines is 1. The molecule has 0 fully saturated rings. The summed E-state index contributed by atoms with van der Waals surface area (Å²) in [4.78, 5) is 26.6. The third-order valence-corrected chi connectivity index (χ3v) is 4.69. The fourth-order valence-electron chi connectivity index (χ4n) is 3.27. The number of benzene rings is 2. The fraction of sp³-hybridized carbons (Fsp3) is 0.391. The minimum Gasteiger partial charge on any atom is -0.348 e. The third-order valence-electron chi connectivity index (χ3n) is 4.69. The molecule has 0 radical (unpaired) electrons. The smallest absolute Gasteiger partial charge is 0.238 e. The minimum atomic E-state index is -0.124. The van der Waals surface area contributed by atoms with Crippen LogP contribution in [0.3, 0.4) is 0 Å². The van der Waals surface area contributed by atoms with Gasteiger partial charge in [-0.3, -0.25) is 14.5 Å². The van der Waals surface area contributed by atoms with Crippen molar-refractivity contribution in [2.24, 2.45) is 0 Å². The molecule has 1 atom stereocenters. The molecule has 0 aliphatic rings. The third kappa shape index (κ3) is 6.50. The van der Waals surface area contributed by atoms with E-state index >= 15 is 0 Å². The normalized spacial score (nSPS) is 11.9. The molecule has 150 valence electrons. The molecule has 0 bridgehead atoms. The number of carbonyl (C=O) groups is 2. The van der Waals surface area contributed by atoms with Crippen molar-refractivity contribution in [3.8, 4) is 0 Å². The molecule has 28 heavy (non-hydrogen) atoms. The maximum absolute atomic E-state index is 12.5. The lowest BCUT2D eigenvalue weighted by atomic mass is 10.0. The number of hydrogen-bond donors (Lipinski definition) is 2. The van der Waals surface area contributed by atoms with Gasteiger partial charge in [0, 0.05) is 5.69 Å². The van der Waals surface area contributed by atoms with E-state index in [1.54, 1.807) is 11.9 Å². The van der Waals surface area contributed by atoms with Crippen LogP contribution in [0.5, 0.6) is 0 Å². The molecular formula is C23H31N3O2. The van der Waals surface area contributed by atoms with Gasteiger partial charge in [-0.15, -0.1) is 0 Å². The van der Waals surface area contributed by atoms with E-state index in [0.717, 1.165) is 35.2 Å². The molecule has 0 saturated carbocycles. The highest BCUT2D eigenvalue weighted by Gasteiger charge is 2.16. The first kappa shape index (κ1) is 21.6. The lowest BCUT2D eigenvalue weighted by Crippen LogP contribution is -2.40. The second-order valence-corrected chi connectivity index (χ2v) is 7.31. The molecule has 2 N–H and O–H groups in total. The number of nitrogens with one attached hydrogen (secondary N) is 2. The van der Waals surface area contributed by atoms with Crippen molar-refractivity contribution in [2.75, 3.05) is 25.5 Å². The lowest BCUT2D eigenvalue weighted by molar-refractivity contribution is -0.123. The Morgan fingerprint density at radius 2 is 1.54 bits per heavy atom. The number of likely N-dealkylation sites (N-methyl/N-ethyl adjacent to an activating group) is 1. The molecule has 0 aliphatic carbocycles. The van der Waals surface area contributed by atoms with Crippen molar-refractivity contribution >= 4 is 17.5 Å². The van der Waals surface area contributed by atoms with Crippen LogP contribution in [0.2, 0.25) is 0 Å². The lowest BCUT2D eigenvalue weighted by Gasteiger charge is -2.21. The van der Waals surface area contributed by atoms with Crippen LogP contribution in [0.25, 0.3) is 0 Å². The van der Waals surface area contributed by atoms with Gasteiger partial charge in [0.05, 0.1) is 19.1 Å². The highest BCUT2D eigenvalue weighted by Crippen LogP contribution is 2.19. The van der Waals surface area contributed by atoms with Crippen molar-refractivity contribution in [1.82, 2.24) is 10.2 Å². The molecule has 2 amide bonds.